The van der Waals surface area contributed by atoms with E-state index in [2.05, 4.69) is 22.9 Å². The van der Waals surface area contributed by atoms with Crippen molar-refractivity contribution in [3.63, 3.8) is 0 Å². The molecule has 0 radical (unpaired) electrons. The van der Waals surface area contributed by atoms with Crippen LogP contribution in [0.2, 0.25) is 0 Å². The first-order valence-electron chi connectivity index (χ1n) is 6.91. The number of nitrogens with two attached hydrogens (primary N) is 1. The quantitative estimate of drug-likeness (QED) is 0.911. The highest BCUT2D eigenvalue weighted by atomic mass is 79.9. The van der Waals surface area contributed by atoms with E-state index in [1.54, 1.807) is 4.68 Å². The summed E-state index contributed by atoms with van der Waals surface area (Å²) in [7, 11) is 0. The molecule has 0 aliphatic heterocycles. The first kappa shape index (κ1) is 14.9. The first-order valence-corrected chi connectivity index (χ1v) is 7.70. The highest BCUT2D eigenvalue weighted by Crippen LogP contribution is 2.18. The van der Waals surface area contributed by atoms with Crippen LogP contribution in [0, 0.1) is 0 Å². The molecule has 0 aliphatic carbocycles. The summed E-state index contributed by atoms with van der Waals surface area (Å²) in [5, 5.41) is 0. The average molecular weight is 338 g/mol. The monoisotopic (exact) mass is 337 g/mol. The summed E-state index contributed by atoms with van der Waals surface area (Å²) < 4.78 is 4.74. The number of nitrogens with zero attached hydrogens (tertiary/aromatic N) is 2. The van der Waals surface area contributed by atoms with Gasteiger partial charge in [0.2, 0.25) is 0 Å². The molecule has 0 amide bonds. The third kappa shape index (κ3) is 2.68. The fourth-order valence-electron chi connectivity index (χ4n) is 2.46. The van der Waals surface area contributed by atoms with E-state index in [1.807, 2.05) is 35.9 Å². The molecule has 20 heavy (non-hydrogen) atoms. The Balaban J connectivity index is 2.49. The van der Waals surface area contributed by atoms with Gasteiger partial charge in [-0.25, -0.2) is 4.68 Å². The van der Waals surface area contributed by atoms with Crippen LogP contribution < -0.4 is 11.3 Å². The molecule has 1 aromatic carbocycles. The van der Waals surface area contributed by atoms with E-state index in [0.29, 0.717) is 12.2 Å². The maximum atomic E-state index is 12.4. The molecule has 108 valence electrons. The summed E-state index contributed by atoms with van der Waals surface area (Å²) in [6, 6.07) is 7.93. The van der Waals surface area contributed by atoms with Crippen molar-refractivity contribution in [2.45, 2.75) is 39.8 Å². The van der Waals surface area contributed by atoms with E-state index in [-0.39, 0.29) is 5.56 Å². The summed E-state index contributed by atoms with van der Waals surface area (Å²) in [5.41, 5.74) is 8.31. The van der Waals surface area contributed by atoms with Gasteiger partial charge in [0, 0.05) is 11.0 Å². The van der Waals surface area contributed by atoms with E-state index >= 15 is 0 Å². The maximum Gasteiger partial charge on any atom is 0.290 e. The fraction of sp³-hybridized carbons (Fsp3) is 0.400. The Kier molecular flexibility index (Phi) is 4.70. The van der Waals surface area contributed by atoms with Gasteiger partial charge in [0.15, 0.2) is 0 Å². The van der Waals surface area contributed by atoms with Gasteiger partial charge in [-0.05, 0) is 25.0 Å². The van der Waals surface area contributed by atoms with Gasteiger partial charge in [-0.2, -0.15) is 0 Å². The van der Waals surface area contributed by atoms with Crippen LogP contribution in [0.4, 0.5) is 5.69 Å². The Bertz CT molecular complexity index is 658. The summed E-state index contributed by atoms with van der Waals surface area (Å²) in [6.07, 6.45) is 1.81. The van der Waals surface area contributed by atoms with Crippen LogP contribution in [0.25, 0.3) is 0 Å². The Hall–Kier alpha value is -1.49. The van der Waals surface area contributed by atoms with E-state index in [9.17, 15) is 4.79 Å². The SMILES string of the molecule is CCCc1c(N)c(=O)n(Cc2ccccc2Br)n1CC. The molecule has 0 saturated heterocycles. The smallest absolute Gasteiger partial charge is 0.290 e. The van der Waals surface area contributed by atoms with Gasteiger partial charge >= 0.3 is 0 Å². The molecule has 4 nitrogen and oxygen atoms in total. The third-order valence-corrected chi connectivity index (χ3v) is 4.22. The van der Waals surface area contributed by atoms with Crippen LogP contribution in [0.15, 0.2) is 33.5 Å². The van der Waals surface area contributed by atoms with Crippen LogP contribution in [0.5, 0.6) is 0 Å². The lowest BCUT2D eigenvalue weighted by Gasteiger charge is -2.13. The molecule has 2 N–H and O–H groups in total. The number of nitrogen functional groups attached to an aromatic ring is 1. The van der Waals surface area contributed by atoms with Crippen LogP contribution >= 0.6 is 15.9 Å². The van der Waals surface area contributed by atoms with E-state index in [4.69, 9.17) is 5.73 Å². The molecule has 1 heterocycles. The van der Waals surface area contributed by atoms with Gasteiger partial charge in [0.05, 0.1) is 12.2 Å². The Morgan fingerprint density at radius 2 is 1.90 bits per heavy atom. The molecule has 1 aromatic heterocycles. The topological polar surface area (TPSA) is 53.0 Å². The van der Waals surface area contributed by atoms with E-state index < -0.39 is 0 Å². The van der Waals surface area contributed by atoms with Crippen molar-refractivity contribution < 1.29 is 0 Å². The van der Waals surface area contributed by atoms with Crippen molar-refractivity contribution in [2.75, 3.05) is 5.73 Å². The van der Waals surface area contributed by atoms with E-state index in [1.165, 1.54) is 0 Å². The normalized spacial score (nSPS) is 10.9. The zero-order chi connectivity index (χ0) is 14.7. The van der Waals surface area contributed by atoms with Crippen LogP contribution in [0.3, 0.4) is 0 Å². The van der Waals surface area contributed by atoms with Crippen molar-refractivity contribution >= 4 is 21.6 Å². The van der Waals surface area contributed by atoms with Gasteiger partial charge in [-0.3, -0.25) is 9.48 Å². The van der Waals surface area contributed by atoms with Crippen molar-refractivity contribution in [3.05, 3.63) is 50.3 Å². The molecule has 5 heteroatoms. The molecular weight excluding hydrogens is 318 g/mol. The van der Waals surface area contributed by atoms with Crippen molar-refractivity contribution in [1.82, 2.24) is 9.36 Å². The van der Waals surface area contributed by atoms with E-state index in [0.717, 1.165) is 35.1 Å². The van der Waals surface area contributed by atoms with Gasteiger partial charge in [-0.1, -0.05) is 47.5 Å². The fourth-order valence-corrected chi connectivity index (χ4v) is 2.87. The molecule has 0 bridgehead atoms. The lowest BCUT2D eigenvalue weighted by atomic mass is 10.2. The van der Waals surface area contributed by atoms with Gasteiger partial charge < -0.3 is 5.73 Å². The molecule has 2 aromatic rings. The number of rotatable bonds is 5. The second kappa shape index (κ2) is 6.31. The van der Waals surface area contributed by atoms with Gasteiger partial charge in [0.25, 0.3) is 5.56 Å². The number of hydrogen-bond acceptors (Lipinski definition) is 2. The Labute approximate surface area is 127 Å². The Morgan fingerprint density at radius 1 is 1.20 bits per heavy atom. The second-order valence-corrected chi connectivity index (χ2v) is 5.63. The molecule has 2 rings (SSSR count). The van der Waals surface area contributed by atoms with Crippen LogP contribution in [0.1, 0.15) is 31.5 Å². The number of aromatic nitrogens is 2. The lowest BCUT2D eigenvalue weighted by molar-refractivity contribution is 0.471. The summed E-state index contributed by atoms with van der Waals surface area (Å²) in [4.78, 5) is 12.4. The summed E-state index contributed by atoms with van der Waals surface area (Å²) >= 11 is 3.52. The maximum absolute atomic E-state index is 12.4. The van der Waals surface area contributed by atoms with Crippen LogP contribution in [-0.2, 0) is 19.5 Å². The molecule has 0 saturated carbocycles. The first-order chi connectivity index (χ1) is 9.60. The third-order valence-electron chi connectivity index (χ3n) is 3.44. The average Bonchev–Trinajstić information content (AvgIpc) is 2.67. The van der Waals surface area contributed by atoms with Crippen molar-refractivity contribution in [3.8, 4) is 0 Å². The minimum absolute atomic E-state index is 0.0916. The molecule has 0 unspecified atom stereocenters. The zero-order valence-electron chi connectivity index (χ0n) is 11.9. The largest absolute Gasteiger partial charge is 0.393 e. The summed E-state index contributed by atoms with van der Waals surface area (Å²) in [5.74, 6) is 0. The van der Waals surface area contributed by atoms with Gasteiger partial charge in [-0.15, -0.1) is 0 Å². The number of hydrogen-bond donors (Lipinski definition) is 1. The highest BCUT2D eigenvalue weighted by Gasteiger charge is 2.16. The predicted octanol–water partition coefficient (Wildman–Crippen LogP) is 3.02. The standard InChI is InChI=1S/C15H20BrN3O/c1-3-7-13-14(17)15(20)19(18(13)4-2)10-11-8-5-6-9-12(11)16/h5-6,8-9H,3-4,7,10,17H2,1-2H3. The molecular formula is C15H20BrN3O. The number of anilines is 1. The number of halogens is 1. The van der Waals surface area contributed by atoms with Crippen LogP contribution in [-0.4, -0.2) is 9.36 Å². The highest BCUT2D eigenvalue weighted by molar-refractivity contribution is 9.10. The zero-order valence-corrected chi connectivity index (χ0v) is 13.5. The minimum atomic E-state index is -0.0916. The number of benzene rings is 1. The second-order valence-electron chi connectivity index (χ2n) is 4.78. The lowest BCUT2D eigenvalue weighted by Crippen LogP contribution is -2.24. The molecule has 0 atom stereocenters. The van der Waals surface area contributed by atoms with Gasteiger partial charge in [0.1, 0.15) is 5.69 Å². The molecule has 0 aliphatic rings. The van der Waals surface area contributed by atoms with Crippen molar-refractivity contribution in [2.24, 2.45) is 0 Å². The molecule has 0 fully saturated rings. The van der Waals surface area contributed by atoms with Crippen molar-refractivity contribution in [1.29, 1.82) is 0 Å². The summed E-state index contributed by atoms with van der Waals surface area (Å²) in [6.45, 7) is 5.40. The predicted molar refractivity (Wildman–Crippen MR) is 86.0 cm³/mol. The minimum Gasteiger partial charge on any atom is -0.393 e. The Morgan fingerprint density at radius 3 is 2.50 bits per heavy atom. The molecule has 0 spiro atoms.